The van der Waals surface area contributed by atoms with Crippen LogP contribution in [0.25, 0.3) is 0 Å². The first-order chi connectivity index (χ1) is 9.34. The largest absolute Gasteiger partial charge is 0.383 e. The van der Waals surface area contributed by atoms with Crippen LogP contribution in [0, 0.1) is 5.41 Å². The van der Waals surface area contributed by atoms with Crippen molar-refractivity contribution in [3.63, 3.8) is 0 Å². The fraction of sp³-hybridized carbons (Fsp3) is 0.800. The van der Waals surface area contributed by atoms with Crippen molar-refractivity contribution in [2.45, 2.75) is 40.2 Å². The third-order valence-electron chi connectivity index (χ3n) is 3.57. The number of hydrogen-bond acceptors (Lipinski definition) is 4. The predicted octanol–water partition coefficient (Wildman–Crippen LogP) is 2.07. The highest BCUT2D eigenvalue weighted by Crippen LogP contribution is 2.23. The van der Waals surface area contributed by atoms with Crippen LogP contribution < -0.4 is 10.6 Å². The zero-order valence-corrected chi connectivity index (χ0v) is 13.8. The van der Waals surface area contributed by atoms with Gasteiger partial charge in [-0.1, -0.05) is 20.8 Å². The molecule has 2 N–H and O–H groups in total. The number of aromatic nitrogens is 2. The lowest BCUT2D eigenvalue weighted by Gasteiger charge is -2.30. The van der Waals surface area contributed by atoms with Gasteiger partial charge in [0.15, 0.2) is 0 Å². The van der Waals surface area contributed by atoms with Crippen LogP contribution in [-0.4, -0.2) is 43.4 Å². The van der Waals surface area contributed by atoms with E-state index >= 15 is 0 Å². The van der Waals surface area contributed by atoms with E-state index in [0.29, 0.717) is 13.2 Å². The maximum atomic E-state index is 5.84. The summed E-state index contributed by atoms with van der Waals surface area (Å²) in [6, 6.07) is 0.270. The summed E-state index contributed by atoms with van der Waals surface area (Å²) in [4.78, 5) is 6.94. The van der Waals surface area contributed by atoms with Crippen molar-refractivity contribution in [1.82, 2.24) is 9.55 Å². The maximum absolute atomic E-state index is 5.84. The Morgan fingerprint density at radius 3 is 2.65 bits per heavy atom. The number of rotatable bonds is 8. The number of methoxy groups -OCH3 is 1. The lowest BCUT2D eigenvalue weighted by Crippen LogP contribution is -2.38. The van der Waals surface area contributed by atoms with E-state index < -0.39 is 0 Å². The summed E-state index contributed by atoms with van der Waals surface area (Å²) in [6.07, 6.45) is 3.07. The number of ether oxygens (including phenoxy) is 1. The Balaban J connectivity index is 2.99. The highest BCUT2D eigenvalue weighted by atomic mass is 16.5. The molecule has 0 aromatic carbocycles. The van der Waals surface area contributed by atoms with Gasteiger partial charge in [0.05, 0.1) is 18.3 Å². The van der Waals surface area contributed by atoms with Crippen molar-refractivity contribution in [2.24, 2.45) is 11.1 Å². The lowest BCUT2D eigenvalue weighted by molar-refractivity contribution is 0.162. The molecule has 20 heavy (non-hydrogen) atoms. The van der Waals surface area contributed by atoms with Crippen LogP contribution in [0.5, 0.6) is 0 Å². The molecule has 1 heterocycles. The molecule has 0 fully saturated rings. The van der Waals surface area contributed by atoms with E-state index in [1.54, 1.807) is 7.11 Å². The van der Waals surface area contributed by atoms with Crippen LogP contribution in [0.3, 0.4) is 0 Å². The molecule has 1 unspecified atom stereocenters. The maximum Gasteiger partial charge on any atom is 0.205 e. The van der Waals surface area contributed by atoms with Gasteiger partial charge in [-0.15, -0.1) is 0 Å². The molecule has 1 rings (SSSR count). The number of nitrogens with zero attached hydrogens (tertiary/aromatic N) is 3. The van der Waals surface area contributed by atoms with Crippen molar-refractivity contribution in [3.05, 3.63) is 11.9 Å². The zero-order chi connectivity index (χ0) is 15.3. The lowest BCUT2D eigenvalue weighted by atomic mass is 9.93. The molecule has 5 heteroatoms. The van der Waals surface area contributed by atoms with Crippen LogP contribution >= 0.6 is 0 Å². The second kappa shape index (κ2) is 7.09. The predicted molar refractivity (Wildman–Crippen MR) is 84.3 cm³/mol. The second-order valence-electron chi connectivity index (χ2n) is 6.32. The van der Waals surface area contributed by atoms with Gasteiger partial charge >= 0.3 is 0 Å². The molecule has 0 amide bonds. The monoisotopic (exact) mass is 282 g/mol. The van der Waals surface area contributed by atoms with Gasteiger partial charge in [-0.05, 0) is 25.3 Å². The van der Waals surface area contributed by atoms with Gasteiger partial charge in [0, 0.05) is 26.9 Å². The van der Waals surface area contributed by atoms with Gasteiger partial charge < -0.3 is 19.9 Å². The molecule has 0 aliphatic rings. The molecular formula is C15H30N4O. The van der Waals surface area contributed by atoms with Gasteiger partial charge in [-0.3, -0.25) is 0 Å². The summed E-state index contributed by atoms with van der Waals surface area (Å²) in [5.41, 5.74) is 7.02. The summed E-state index contributed by atoms with van der Waals surface area (Å²) in [6.45, 7) is 10.8. The molecule has 0 saturated carbocycles. The fourth-order valence-electron chi connectivity index (χ4n) is 2.31. The van der Waals surface area contributed by atoms with Crippen molar-refractivity contribution < 1.29 is 4.74 Å². The Labute approximate surface area is 123 Å². The Morgan fingerprint density at radius 2 is 2.15 bits per heavy atom. The third-order valence-corrected chi connectivity index (χ3v) is 3.57. The van der Waals surface area contributed by atoms with E-state index in [0.717, 1.165) is 24.6 Å². The van der Waals surface area contributed by atoms with Crippen LogP contribution in [-0.2, 0) is 11.2 Å². The smallest absolute Gasteiger partial charge is 0.205 e. The Bertz CT molecular complexity index is 414. The second-order valence-corrected chi connectivity index (χ2v) is 6.32. The standard InChI is InChI=1S/C15H30N4O/c1-7-13-8-19(12(2)9-20-6)14(17-13)18(5)11-15(3,4)10-16/h8,12H,7,9-11,16H2,1-6H3. The minimum Gasteiger partial charge on any atom is -0.383 e. The van der Waals surface area contributed by atoms with E-state index in [4.69, 9.17) is 15.5 Å². The summed E-state index contributed by atoms with van der Waals surface area (Å²) in [7, 11) is 3.81. The van der Waals surface area contributed by atoms with E-state index in [-0.39, 0.29) is 11.5 Å². The molecule has 0 bridgehead atoms. The highest BCUT2D eigenvalue weighted by Gasteiger charge is 2.22. The van der Waals surface area contributed by atoms with Gasteiger partial charge in [-0.25, -0.2) is 4.98 Å². The minimum atomic E-state index is 0.0718. The summed E-state index contributed by atoms with van der Waals surface area (Å²) < 4.78 is 7.47. The molecule has 1 aromatic heterocycles. The number of aryl methyl sites for hydroxylation is 1. The zero-order valence-electron chi connectivity index (χ0n) is 13.8. The minimum absolute atomic E-state index is 0.0718. The highest BCUT2D eigenvalue weighted by molar-refractivity contribution is 5.33. The summed E-state index contributed by atoms with van der Waals surface area (Å²) in [5, 5.41) is 0. The van der Waals surface area contributed by atoms with E-state index in [1.807, 2.05) is 0 Å². The van der Waals surface area contributed by atoms with Crippen LogP contribution in [0.15, 0.2) is 6.20 Å². The molecule has 0 saturated heterocycles. The van der Waals surface area contributed by atoms with Crippen LogP contribution in [0.1, 0.15) is 39.4 Å². The number of anilines is 1. The van der Waals surface area contributed by atoms with Crippen molar-refractivity contribution in [3.8, 4) is 0 Å². The Hall–Kier alpha value is -1.07. The van der Waals surface area contributed by atoms with Gasteiger partial charge in [0.25, 0.3) is 0 Å². The summed E-state index contributed by atoms with van der Waals surface area (Å²) in [5.74, 6) is 0.993. The number of nitrogens with two attached hydrogens (primary N) is 1. The molecule has 116 valence electrons. The van der Waals surface area contributed by atoms with E-state index in [2.05, 4.69) is 50.4 Å². The third kappa shape index (κ3) is 4.21. The number of hydrogen-bond donors (Lipinski definition) is 1. The Morgan fingerprint density at radius 1 is 1.50 bits per heavy atom. The van der Waals surface area contributed by atoms with Crippen molar-refractivity contribution in [2.75, 3.05) is 38.8 Å². The molecule has 0 spiro atoms. The first-order valence-corrected chi connectivity index (χ1v) is 7.32. The molecule has 0 aliphatic heterocycles. The average Bonchev–Trinajstić information content (AvgIpc) is 2.83. The molecule has 1 atom stereocenters. The van der Waals surface area contributed by atoms with Crippen LogP contribution in [0.2, 0.25) is 0 Å². The van der Waals surface area contributed by atoms with Crippen molar-refractivity contribution in [1.29, 1.82) is 0 Å². The quantitative estimate of drug-likeness (QED) is 0.793. The van der Waals surface area contributed by atoms with Gasteiger partial charge in [0.2, 0.25) is 5.95 Å². The molecule has 0 radical (unpaired) electrons. The summed E-state index contributed by atoms with van der Waals surface area (Å²) >= 11 is 0. The first-order valence-electron chi connectivity index (χ1n) is 7.32. The topological polar surface area (TPSA) is 56.3 Å². The normalized spacial score (nSPS) is 13.6. The van der Waals surface area contributed by atoms with Gasteiger partial charge in [-0.2, -0.15) is 0 Å². The Kier molecular flexibility index (Phi) is 6.02. The van der Waals surface area contributed by atoms with Crippen molar-refractivity contribution >= 4 is 5.95 Å². The molecular weight excluding hydrogens is 252 g/mol. The SMILES string of the molecule is CCc1cn(C(C)COC)c(N(C)CC(C)(C)CN)n1. The average molecular weight is 282 g/mol. The fourth-order valence-corrected chi connectivity index (χ4v) is 2.31. The number of imidazole rings is 1. The van der Waals surface area contributed by atoms with Crippen LogP contribution in [0.4, 0.5) is 5.95 Å². The molecule has 0 aliphatic carbocycles. The van der Waals surface area contributed by atoms with E-state index in [1.165, 1.54) is 0 Å². The molecule has 5 nitrogen and oxygen atoms in total. The molecule has 1 aromatic rings. The van der Waals surface area contributed by atoms with E-state index in [9.17, 15) is 0 Å². The first kappa shape index (κ1) is 17.0. The van der Waals surface area contributed by atoms with Gasteiger partial charge in [0.1, 0.15) is 0 Å².